The summed E-state index contributed by atoms with van der Waals surface area (Å²) in [6, 6.07) is 5.79. The summed E-state index contributed by atoms with van der Waals surface area (Å²) in [4.78, 5) is 16.2. The van der Waals surface area contributed by atoms with Crippen LogP contribution in [-0.2, 0) is 9.47 Å². The molecule has 1 amide bonds. The largest absolute Gasteiger partial charge is 0.490 e. The second-order valence-electron chi connectivity index (χ2n) is 6.05. The van der Waals surface area contributed by atoms with Gasteiger partial charge in [0.15, 0.2) is 0 Å². The molecule has 26 heavy (non-hydrogen) atoms. The second-order valence-corrected chi connectivity index (χ2v) is 6.05. The van der Waals surface area contributed by atoms with Gasteiger partial charge < -0.3 is 24.4 Å². The van der Waals surface area contributed by atoms with Crippen LogP contribution in [0.5, 0.6) is 5.75 Å². The number of fused-ring (bicyclic) bond motifs is 1. The number of benzene rings is 1. The highest BCUT2D eigenvalue weighted by molar-refractivity contribution is 5.89. The molecule has 7 nitrogen and oxygen atoms in total. The van der Waals surface area contributed by atoms with Crippen LogP contribution in [0, 0.1) is 0 Å². The number of methoxy groups -OCH3 is 1. The van der Waals surface area contributed by atoms with Gasteiger partial charge >= 0.3 is 6.09 Å². The van der Waals surface area contributed by atoms with Crippen LogP contribution in [0.1, 0.15) is 13.8 Å². The standard InChI is InChI=1S/C19H29N3O4/c1-5-22(19(23)26-11-10-24-4)16-6-7-18-17(12-16)21(8-9-25-18)14-15(2)13-20-3/h6-7,12-13,20H,5,8-11,14H2,1-4H3/b15-13+. The van der Waals surface area contributed by atoms with Gasteiger partial charge in [0.2, 0.25) is 0 Å². The van der Waals surface area contributed by atoms with Crippen LogP contribution in [0.25, 0.3) is 0 Å². The zero-order valence-corrected chi connectivity index (χ0v) is 16.1. The highest BCUT2D eigenvalue weighted by atomic mass is 16.6. The molecule has 0 saturated carbocycles. The van der Waals surface area contributed by atoms with Crippen LogP contribution in [0.3, 0.4) is 0 Å². The van der Waals surface area contributed by atoms with E-state index in [-0.39, 0.29) is 12.7 Å². The van der Waals surface area contributed by atoms with E-state index >= 15 is 0 Å². The lowest BCUT2D eigenvalue weighted by molar-refractivity contribution is 0.103. The van der Waals surface area contributed by atoms with Crippen molar-refractivity contribution in [3.8, 4) is 5.75 Å². The topological polar surface area (TPSA) is 63.3 Å². The van der Waals surface area contributed by atoms with Crippen LogP contribution in [-0.4, -0.2) is 59.7 Å². The molecule has 0 atom stereocenters. The number of anilines is 2. The van der Waals surface area contributed by atoms with Crippen LogP contribution >= 0.6 is 0 Å². The Morgan fingerprint density at radius 3 is 2.92 bits per heavy atom. The molecule has 1 aromatic rings. The summed E-state index contributed by atoms with van der Waals surface area (Å²) in [5.74, 6) is 0.834. The average molecular weight is 363 g/mol. The molecule has 0 radical (unpaired) electrons. The van der Waals surface area contributed by atoms with E-state index in [2.05, 4.69) is 17.1 Å². The third-order valence-electron chi connectivity index (χ3n) is 4.09. The van der Waals surface area contributed by atoms with Gasteiger partial charge in [0.1, 0.15) is 19.0 Å². The third-order valence-corrected chi connectivity index (χ3v) is 4.09. The lowest BCUT2D eigenvalue weighted by Crippen LogP contribution is -2.35. The fourth-order valence-corrected chi connectivity index (χ4v) is 2.89. The molecule has 1 heterocycles. The number of rotatable bonds is 8. The zero-order valence-electron chi connectivity index (χ0n) is 16.1. The van der Waals surface area contributed by atoms with E-state index in [9.17, 15) is 4.79 Å². The Bertz CT molecular complexity index is 633. The molecule has 1 aromatic carbocycles. The number of carbonyl (C=O) groups is 1. The van der Waals surface area contributed by atoms with Crippen LogP contribution in [0.15, 0.2) is 30.0 Å². The molecule has 0 saturated heterocycles. The van der Waals surface area contributed by atoms with Crippen molar-refractivity contribution in [3.05, 3.63) is 30.0 Å². The predicted molar refractivity (Wildman–Crippen MR) is 103 cm³/mol. The minimum absolute atomic E-state index is 0.236. The van der Waals surface area contributed by atoms with Crippen LogP contribution in [0.2, 0.25) is 0 Å². The van der Waals surface area contributed by atoms with Gasteiger partial charge in [-0.15, -0.1) is 0 Å². The molecule has 0 fully saturated rings. The summed E-state index contributed by atoms with van der Waals surface area (Å²) < 4.78 is 16.0. The molecule has 1 aliphatic heterocycles. The number of hydrogen-bond donors (Lipinski definition) is 1. The first-order valence-corrected chi connectivity index (χ1v) is 8.88. The Labute approximate surface area is 155 Å². The first-order valence-electron chi connectivity index (χ1n) is 8.88. The van der Waals surface area contributed by atoms with E-state index in [4.69, 9.17) is 14.2 Å². The van der Waals surface area contributed by atoms with Crippen molar-refractivity contribution in [2.24, 2.45) is 0 Å². The van der Waals surface area contributed by atoms with E-state index in [0.29, 0.717) is 19.8 Å². The average Bonchev–Trinajstić information content (AvgIpc) is 2.63. The van der Waals surface area contributed by atoms with E-state index in [0.717, 1.165) is 30.2 Å². The van der Waals surface area contributed by atoms with Crippen molar-refractivity contribution >= 4 is 17.5 Å². The quantitative estimate of drug-likeness (QED) is 0.717. The van der Waals surface area contributed by atoms with Crippen LogP contribution in [0.4, 0.5) is 16.2 Å². The van der Waals surface area contributed by atoms with Crippen LogP contribution < -0.4 is 19.9 Å². The van der Waals surface area contributed by atoms with Gasteiger partial charge in [-0.2, -0.15) is 0 Å². The molecular formula is C19H29N3O4. The maximum atomic E-state index is 12.3. The first kappa shape index (κ1) is 19.9. The number of nitrogens with zero attached hydrogens (tertiary/aromatic N) is 2. The highest BCUT2D eigenvalue weighted by Gasteiger charge is 2.22. The molecule has 0 aromatic heterocycles. The number of carbonyl (C=O) groups excluding carboxylic acids is 1. The summed E-state index contributed by atoms with van der Waals surface area (Å²) in [7, 11) is 3.47. The Kier molecular flexibility index (Phi) is 7.59. The summed E-state index contributed by atoms with van der Waals surface area (Å²) >= 11 is 0. The molecule has 0 unspecified atom stereocenters. The van der Waals surface area contributed by atoms with Gasteiger partial charge in [-0.1, -0.05) is 0 Å². The van der Waals surface area contributed by atoms with Crippen molar-refractivity contribution in [3.63, 3.8) is 0 Å². The van der Waals surface area contributed by atoms with Gasteiger partial charge in [-0.25, -0.2) is 4.79 Å². The number of hydrogen-bond acceptors (Lipinski definition) is 6. The number of nitrogens with one attached hydrogen (secondary N) is 1. The smallest absolute Gasteiger partial charge is 0.414 e. The van der Waals surface area contributed by atoms with Crippen molar-refractivity contribution in [2.45, 2.75) is 13.8 Å². The molecule has 144 valence electrons. The molecule has 1 aliphatic rings. The lowest BCUT2D eigenvalue weighted by Gasteiger charge is -2.33. The molecule has 7 heteroatoms. The molecule has 0 bridgehead atoms. The maximum absolute atomic E-state index is 12.3. The monoisotopic (exact) mass is 363 g/mol. The minimum Gasteiger partial charge on any atom is -0.490 e. The van der Waals surface area contributed by atoms with Crippen molar-refractivity contribution in [1.82, 2.24) is 5.32 Å². The molecule has 1 N–H and O–H groups in total. The van der Waals surface area contributed by atoms with E-state index in [1.54, 1.807) is 12.0 Å². The molecule has 0 spiro atoms. The first-order chi connectivity index (χ1) is 12.6. The Hall–Kier alpha value is -2.41. The van der Waals surface area contributed by atoms with Crippen molar-refractivity contribution < 1.29 is 19.0 Å². The predicted octanol–water partition coefficient (Wildman–Crippen LogP) is 2.62. The number of ether oxygens (including phenoxy) is 3. The van der Waals surface area contributed by atoms with Gasteiger partial charge in [-0.3, -0.25) is 4.90 Å². The van der Waals surface area contributed by atoms with Gasteiger partial charge in [0.25, 0.3) is 0 Å². The van der Waals surface area contributed by atoms with Gasteiger partial charge in [0, 0.05) is 32.9 Å². The summed E-state index contributed by atoms with van der Waals surface area (Å²) in [6.45, 7) is 7.39. The second kappa shape index (κ2) is 9.91. The van der Waals surface area contributed by atoms with Gasteiger partial charge in [0.05, 0.1) is 18.8 Å². The third kappa shape index (κ3) is 5.05. The van der Waals surface area contributed by atoms with Crippen molar-refractivity contribution in [2.75, 3.05) is 63.4 Å². The molecular weight excluding hydrogens is 334 g/mol. The zero-order chi connectivity index (χ0) is 18.9. The Morgan fingerprint density at radius 1 is 1.42 bits per heavy atom. The normalized spacial score (nSPS) is 13.7. The van der Waals surface area contributed by atoms with E-state index < -0.39 is 0 Å². The number of amides is 1. The Morgan fingerprint density at radius 2 is 2.23 bits per heavy atom. The summed E-state index contributed by atoms with van der Waals surface area (Å²) in [5.41, 5.74) is 3.00. The van der Waals surface area contributed by atoms with Crippen molar-refractivity contribution in [1.29, 1.82) is 0 Å². The minimum atomic E-state index is -0.376. The molecule has 2 rings (SSSR count). The highest BCUT2D eigenvalue weighted by Crippen LogP contribution is 2.35. The van der Waals surface area contributed by atoms with E-state index in [1.165, 1.54) is 5.57 Å². The Balaban J connectivity index is 2.20. The SMILES string of the molecule is CCN(C(=O)OCCOC)c1ccc2c(c1)N(C/C(C)=C/NC)CCO2. The van der Waals surface area contributed by atoms with E-state index in [1.807, 2.05) is 38.4 Å². The maximum Gasteiger partial charge on any atom is 0.414 e. The summed E-state index contributed by atoms with van der Waals surface area (Å²) in [6.07, 6.45) is 1.61. The summed E-state index contributed by atoms with van der Waals surface area (Å²) in [5, 5.41) is 3.06. The fraction of sp³-hybridized carbons (Fsp3) is 0.526. The molecule has 0 aliphatic carbocycles. The van der Waals surface area contributed by atoms with Gasteiger partial charge in [-0.05, 0) is 43.8 Å². The fourth-order valence-electron chi connectivity index (χ4n) is 2.89. The lowest BCUT2D eigenvalue weighted by atomic mass is 10.1.